The highest BCUT2D eigenvalue weighted by Gasteiger charge is 2.32. The molecule has 0 heterocycles. The van der Waals surface area contributed by atoms with Crippen molar-refractivity contribution in [2.24, 2.45) is 0 Å². The fourth-order valence-corrected chi connectivity index (χ4v) is 2.46. The van der Waals surface area contributed by atoms with Gasteiger partial charge in [-0.05, 0) is 43.6 Å². The zero-order chi connectivity index (χ0) is 17.6. The molecule has 0 aliphatic rings. The van der Waals surface area contributed by atoms with Crippen LogP contribution in [0.3, 0.4) is 0 Å². The number of benzene rings is 1. The average Bonchev–Trinajstić information content (AvgIpc) is 2.43. The average molecular weight is 348 g/mol. The maximum Gasteiger partial charge on any atom is 0.416 e. The first kappa shape index (κ1) is 19.3. The highest BCUT2D eigenvalue weighted by atomic mass is 32.2. The molecule has 1 rings (SSSR count). The molecular formula is C15H19F3N2O2S. The lowest BCUT2D eigenvalue weighted by Crippen LogP contribution is -2.33. The summed E-state index contributed by atoms with van der Waals surface area (Å²) in [5.74, 6) is -0.276. The molecule has 0 bridgehead atoms. The Kier molecular flexibility index (Phi) is 6.93. The number of hydrogen-bond acceptors (Lipinski definition) is 3. The summed E-state index contributed by atoms with van der Waals surface area (Å²) in [4.78, 5) is 23.2. The Hall–Kier alpha value is -1.70. The van der Waals surface area contributed by atoms with Gasteiger partial charge in [0.15, 0.2) is 0 Å². The van der Waals surface area contributed by atoms with Crippen molar-refractivity contribution in [2.45, 2.75) is 32.5 Å². The summed E-state index contributed by atoms with van der Waals surface area (Å²) in [6.07, 6.45) is -1.96. The Balaban J connectivity index is 3.04. The van der Waals surface area contributed by atoms with Crippen molar-refractivity contribution in [3.8, 4) is 0 Å². The van der Waals surface area contributed by atoms with Crippen LogP contribution in [0.4, 0.5) is 18.9 Å². The summed E-state index contributed by atoms with van der Waals surface area (Å²) in [6.45, 7) is 2.97. The van der Waals surface area contributed by atoms with E-state index in [0.717, 1.165) is 17.9 Å². The van der Waals surface area contributed by atoms with E-state index < -0.39 is 23.6 Å². The van der Waals surface area contributed by atoms with Crippen LogP contribution >= 0.6 is 11.8 Å². The van der Waals surface area contributed by atoms with E-state index in [1.165, 1.54) is 13.0 Å². The first-order valence-electron chi connectivity index (χ1n) is 6.93. The molecule has 1 unspecified atom stereocenters. The van der Waals surface area contributed by atoms with Crippen molar-refractivity contribution >= 4 is 29.3 Å². The van der Waals surface area contributed by atoms with Crippen LogP contribution in [0.2, 0.25) is 0 Å². The first-order valence-corrected chi connectivity index (χ1v) is 8.32. The van der Waals surface area contributed by atoms with E-state index in [1.54, 1.807) is 18.7 Å². The lowest BCUT2D eigenvalue weighted by molar-refractivity contribution is -0.137. The third kappa shape index (κ3) is 6.52. The maximum absolute atomic E-state index is 12.9. The molecule has 0 fully saturated rings. The summed E-state index contributed by atoms with van der Waals surface area (Å²) in [5, 5.41) is 4.94. The lowest BCUT2D eigenvalue weighted by Gasteiger charge is -2.16. The monoisotopic (exact) mass is 348 g/mol. The predicted molar refractivity (Wildman–Crippen MR) is 85.7 cm³/mol. The SMILES string of the molecule is CSCCC(C)NC(=O)c1cc(NC(C)=O)cc(C(F)(F)F)c1. The number of rotatable bonds is 6. The number of thioether (sulfide) groups is 1. The highest BCUT2D eigenvalue weighted by molar-refractivity contribution is 7.98. The fraction of sp³-hybridized carbons (Fsp3) is 0.467. The standard InChI is InChI=1S/C15H19F3N2O2S/c1-9(4-5-23-3)19-14(22)11-6-12(15(16,17)18)8-13(7-11)20-10(2)21/h6-9H,4-5H2,1-3H3,(H,19,22)(H,20,21). The second-order valence-corrected chi connectivity index (χ2v) is 6.12. The second kappa shape index (κ2) is 8.24. The van der Waals surface area contributed by atoms with Gasteiger partial charge in [0.05, 0.1) is 5.56 Å². The minimum Gasteiger partial charge on any atom is -0.350 e. The summed E-state index contributed by atoms with van der Waals surface area (Å²) < 4.78 is 38.8. The number of halogens is 3. The molecule has 0 aromatic heterocycles. The summed E-state index contributed by atoms with van der Waals surface area (Å²) in [7, 11) is 0. The summed E-state index contributed by atoms with van der Waals surface area (Å²) in [5.41, 5.74) is -1.18. The Morgan fingerprint density at radius 2 is 1.91 bits per heavy atom. The van der Waals surface area contributed by atoms with Crippen molar-refractivity contribution in [3.05, 3.63) is 29.3 Å². The molecule has 0 radical (unpaired) electrons. The molecule has 1 aromatic rings. The van der Waals surface area contributed by atoms with Crippen molar-refractivity contribution < 1.29 is 22.8 Å². The van der Waals surface area contributed by atoms with E-state index >= 15 is 0 Å². The molecule has 0 spiro atoms. The van der Waals surface area contributed by atoms with Gasteiger partial charge in [0, 0.05) is 24.2 Å². The smallest absolute Gasteiger partial charge is 0.350 e. The van der Waals surface area contributed by atoms with Gasteiger partial charge in [0.2, 0.25) is 5.91 Å². The van der Waals surface area contributed by atoms with E-state index in [1.807, 2.05) is 6.26 Å². The Morgan fingerprint density at radius 3 is 2.43 bits per heavy atom. The molecular weight excluding hydrogens is 329 g/mol. The zero-order valence-corrected chi connectivity index (χ0v) is 13.9. The Labute approximate surface area is 137 Å². The minimum atomic E-state index is -4.60. The van der Waals surface area contributed by atoms with Gasteiger partial charge in [0.25, 0.3) is 5.91 Å². The normalized spacial score (nSPS) is 12.6. The van der Waals surface area contributed by atoms with Gasteiger partial charge in [-0.1, -0.05) is 0 Å². The molecule has 8 heteroatoms. The number of hydrogen-bond donors (Lipinski definition) is 2. The van der Waals surface area contributed by atoms with E-state index in [2.05, 4.69) is 10.6 Å². The van der Waals surface area contributed by atoms with Gasteiger partial charge in [-0.3, -0.25) is 9.59 Å². The van der Waals surface area contributed by atoms with Crippen LogP contribution in [0.25, 0.3) is 0 Å². The quantitative estimate of drug-likeness (QED) is 0.827. The fourth-order valence-electron chi connectivity index (χ4n) is 1.87. The van der Waals surface area contributed by atoms with Crippen LogP contribution in [0.1, 0.15) is 36.2 Å². The third-order valence-electron chi connectivity index (χ3n) is 2.98. The maximum atomic E-state index is 12.9. The summed E-state index contributed by atoms with van der Waals surface area (Å²) >= 11 is 1.62. The molecule has 1 aromatic carbocycles. The molecule has 0 saturated heterocycles. The third-order valence-corrected chi connectivity index (χ3v) is 3.62. The van der Waals surface area contributed by atoms with E-state index in [4.69, 9.17) is 0 Å². The zero-order valence-electron chi connectivity index (χ0n) is 13.1. The largest absolute Gasteiger partial charge is 0.416 e. The van der Waals surface area contributed by atoms with E-state index in [9.17, 15) is 22.8 Å². The van der Waals surface area contributed by atoms with Gasteiger partial charge in [0.1, 0.15) is 0 Å². The molecule has 0 saturated carbocycles. The lowest BCUT2D eigenvalue weighted by atomic mass is 10.1. The predicted octanol–water partition coefficient (Wildman–Crippen LogP) is 3.54. The summed E-state index contributed by atoms with van der Waals surface area (Å²) in [6, 6.07) is 2.65. The Bertz CT molecular complexity index is 576. The van der Waals surface area contributed by atoms with Gasteiger partial charge < -0.3 is 10.6 Å². The number of amides is 2. The Morgan fingerprint density at radius 1 is 1.26 bits per heavy atom. The van der Waals surface area contributed by atoms with Gasteiger partial charge in [-0.15, -0.1) is 0 Å². The number of carbonyl (C=O) groups is 2. The molecule has 128 valence electrons. The molecule has 0 aliphatic carbocycles. The van der Waals surface area contributed by atoms with Crippen LogP contribution in [-0.2, 0) is 11.0 Å². The van der Waals surface area contributed by atoms with Crippen LogP contribution in [0.15, 0.2) is 18.2 Å². The van der Waals surface area contributed by atoms with E-state index in [0.29, 0.717) is 6.42 Å². The van der Waals surface area contributed by atoms with Gasteiger partial charge >= 0.3 is 6.18 Å². The topological polar surface area (TPSA) is 58.2 Å². The molecule has 1 atom stereocenters. The van der Waals surface area contributed by atoms with Crippen LogP contribution < -0.4 is 10.6 Å². The van der Waals surface area contributed by atoms with Gasteiger partial charge in [-0.25, -0.2) is 0 Å². The molecule has 2 N–H and O–H groups in total. The van der Waals surface area contributed by atoms with Crippen LogP contribution in [-0.4, -0.2) is 29.9 Å². The number of anilines is 1. The highest BCUT2D eigenvalue weighted by Crippen LogP contribution is 2.32. The van der Waals surface area contributed by atoms with Crippen molar-refractivity contribution in [3.63, 3.8) is 0 Å². The first-order chi connectivity index (χ1) is 10.6. The minimum absolute atomic E-state index is 0.0609. The van der Waals surface area contributed by atoms with Crippen molar-refractivity contribution in [1.29, 1.82) is 0 Å². The molecule has 0 aliphatic heterocycles. The molecule has 2 amide bonds. The molecule has 4 nitrogen and oxygen atoms in total. The van der Waals surface area contributed by atoms with E-state index in [-0.39, 0.29) is 17.3 Å². The van der Waals surface area contributed by atoms with Gasteiger partial charge in [-0.2, -0.15) is 24.9 Å². The van der Waals surface area contributed by atoms with Crippen LogP contribution in [0.5, 0.6) is 0 Å². The number of carbonyl (C=O) groups excluding carboxylic acids is 2. The van der Waals surface area contributed by atoms with Crippen molar-refractivity contribution in [2.75, 3.05) is 17.3 Å². The second-order valence-electron chi connectivity index (χ2n) is 5.13. The van der Waals surface area contributed by atoms with Crippen LogP contribution in [0, 0.1) is 0 Å². The van der Waals surface area contributed by atoms with Crippen molar-refractivity contribution in [1.82, 2.24) is 5.32 Å². The molecule has 23 heavy (non-hydrogen) atoms. The number of nitrogens with one attached hydrogen (secondary N) is 2. The number of alkyl halides is 3.